The monoisotopic (exact) mass is 340 g/mol. The molecule has 2 aliphatic carbocycles. The summed E-state index contributed by atoms with van der Waals surface area (Å²) in [4.78, 5) is 17.4. The molecule has 5 heteroatoms. The molecule has 1 saturated carbocycles. The Hall–Kier alpha value is -1.91. The van der Waals surface area contributed by atoms with Crippen LogP contribution in [-0.4, -0.2) is 26.5 Å². The van der Waals surface area contributed by atoms with Gasteiger partial charge in [-0.05, 0) is 50.0 Å². The zero-order chi connectivity index (χ0) is 17.2. The van der Waals surface area contributed by atoms with Crippen molar-refractivity contribution in [3.05, 3.63) is 29.2 Å². The van der Waals surface area contributed by atoms with E-state index in [1.807, 2.05) is 10.7 Å². The van der Waals surface area contributed by atoms with Gasteiger partial charge in [-0.25, -0.2) is 9.50 Å². The van der Waals surface area contributed by atoms with Gasteiger partial charge in [0.15, 0.2) is 5.65 Å². The van der Waals surface area contributed by atoms with Crippen molar-refractivity contribution in [1.29, 1.82) is 0 Å². The van der Waals surface area contributed by atoms with Gasteiger partial charge in [0.05, 0.1) is 6.20 Å². The topological polar surface area (TPSA) is 59.3 Å². The van der Waals surface area contributed by atoms with Crippen LogP contribution in [0.2, 0.25) is 0 Å². The molecule has 2 heterocycles. The van der Waals surface area contributed by atoms with Crippen LogP contribution >= 0.6 is 0 Å². The SMILES string of the molecule is C[C@H]1CCCC[C@H]1NC(=O)c1cnn2c3c(cnc12)CCCCCC3. The first-order valence-electron chi connectivity index (χ1n) is 9.89. The minimum atomic E-state index is -0.0213. The van der Waals surface area contributed by atoms with E-state index in [9.17, 15) is 4.79 Å². The van der Waals surface area contributed by atoms with Crippen LogP contribution in [0.25, 0.3) is 5.65 Å². The Morgan fingerprint density at radius 3 is 2.72 bits per heavy atom. The van der Waals surface area contributed by atoms with E-state index in [1.165, 1.54) is 56.2 Å². The highest BCUT2D eigenvalue weighted by atomic mass is 16.1. The van der Waals surface area contributed by atoms with Gasteiger partial charge in [0.2, 0.25) is 0 Å². The van der Waals surface area contributed by atoms with Crippen molar-refractivity contribution in [3.8, 4) is 0 Å². The summed E-state index contributed by atoms with van der Waals surface area (Å²) in [6.07, 6.45) is 15.5. The summed E-state index contributed by atoms with van der Waals surface area (Å²) in [6.45, 7) is 2.24. The number of amides is 1. The van der Waals surface area contributed by atoms with E-state index in [2.05, 4.69) is 22.3 Å². The van der Waals surface area contributed by atoms with Gasteiger partial charge in [-0.1, -0.05) is 32.6 Å². The predicted molar refractivity (Wildman–Crippen MR) is 97.7 cm³/mol. The quantitative estimate of drug-likeness (QED) is 0.907. The summed E-state index contributed by atoms with van der Waals surface area (Å²) in [6, 6.07) is 0.278. The van der Waals surface area contributed by atoms with E-state index in [0.29, 0.717) is 17.1 Å². The molecule has 0 aliphatic heterocycles. The van der Waals surface area contributed by atoms with Crippen molar-refractivity contribution >= 4 is 11.6 Å². The predicted octanol–water partition coefficient (Wildman–Crippen LogP) is 3.70. The lowest BCUT2D eigenvalue weighted by atomic mass is 9.86. The fraction of sp³-hybridized carbons (Fsp3) is 0.650. The van der Waals surface area contributed by atoms with Crippen molar-refractivity contribution in [2.24, 2.45) is 5.92 Å². The van der Waals surface area contributed by atoms with Crippen molar-refractivity contribution < 1.29 is 4.79 Å². The van der Waals surface area contributed by atoms with E-state index in [1.54, 1.807) is 6.20 Å². The van der Waals surface area contributed by atoms with Crippen LogP contribution in [0.1, 0.15) is 79.9 Å². The number of rotatable bonds is 2. The number of aryl methyl sites for hydroxylation is 2. The lowest BCUT2D eigenvalue weighted by Gasteiger charge is -2.29. The molecule has 2 aromatic heterocycles. The molecule has 25 heavy (non-hydrogen) atoms. The molecular weight excluding hydrogens is 312 g/mol. The van der Waals surface area contributed by atoms with Crippen LogP contribution in [0.5, 0.6) is 0 Å². The maximum Gasteiger partial charge on any atom is 0.256 e. The Morgan fingerprint density at radius 1 is 1.08 bits per heavy atom. The summed E-state index contributed by atoms with van der Waals surface area (Å²) < 4.78 is 1.92. The van der Waals surface area contributed by atoms with E-state index >= 15 is 0 Å². The summed E-state index contributed by atoms with van der Waals surface area (Å²) in [5.41, 5.74) is 3.86. The van der Waals surface area contributed by atoms with Gasteiger partial charge in [-0.2, -0.15) is 5.10 Å². The zero-order valence-electron chi connectivity index (χ0n) is 15.1. The summed E-state index contributed by atoms with van der Waals surface area (Å²) in [7, 11) is 0. The molecule has 0 saturated heterocycles. The number of hydrogen-bond donors (Lipinski definition) is 1. The fourth-order valence-corrected chi connectivity index (χ4v) is 4.39. The molecule has 1 N–H and O–H groups in total. The lowest BCUT2D eigenvalue weighted by Crippen LogP contribution is -2.41. The molecule has 1 fully saturated rings. The van der Waals surface area contributed by atoms with E-state index < -0.39 is 0 Å². The number of fused-ring (bicyclic) bond motifs is 3. The number of nitrogens with one attached hydrogen (secondary N) is 1. The van der Waals surface area contributed by atoms with Gasteiger partial charge in [-0.15, -0.1) is 0 Å². The smallest absolute Gasteiger partial charge is 0.256 e. The summed E-state index contributed by atoms with van der Waals surface area (Å²) in [5, 5.41) is 7.76. The number of carbonyl (C=O) groups excluding carboxylic acids is 1. The third-order valence-electron chi connectivity index (χ3n) is 6.00. The Kier molecular flexibility index (Phi) is 4.73. The van der Waals surface area contributed by atoms with Crippen LogP contribution in [0.4, 0.5) is 0 Å². The standard InChI is InChI=1S/C20H28N4O/c1-14-8-6-7-10-17(14)23-20(25)16-13-22-24-18-11-5-3-2-4-9-15(18)12-21-19(16)24/h12-14,17H,2-11H2,1H3,(H,23,25)/t14-,17+/m0/s1. The molecule has 2 aliphatic rings. The molecular formula is C20H28N4O. The first-order valence-corrected chi connectivity index (χ1v) is 9.89. The normalized spacial score (nSPS) is 24.4. The fourth-order valence-electron chi connectivity index (χ4n) is 4.39. The summed E-state index contributed by atoms with van der Waals surface area (Å²) >= 11 is 0. The molecule has 0 aromatic carbocycles. The number of carbonyl (C=O) groups is 1. The van der Waals surface area contributed by atoms with Gasteiger partial charge in [0.25, 0.3) is 5.91 Å². The Bertz CT molecular complexity index is 766. The number of aromatic nitrogens is 3. The Labute approximate surface area is 149 Å². The highest BCUT2D eigenvalue weighted by molar-refractivity contribution is 5.99. The Morgan fingerprint density at radius 2 is 1.88 bits per heavy atom. The highest BCUT2D eigenvalue weighted by Gasteiger charge is 2.25. The molecule has 0 bridgehead atoms. The van der Waals surface area contributed by atoms with Crippen LogP contribution < -0.4 is 5.32 Å². The van der Waals surface area contributed by atoms with Crippen molar-refractivity contribution in [2.75, 3.05) is 0 Å². The maximum absolute atomic E-state index is 12.8. The first kappa shape index (κ1) is 16.6. The van der Waals surface area contributed by atoms with Crippen molar-refractivity contribution in [2.45, 2.75) is 77.2 Å². The first-order chi connectivity index (χ1) is 12.2. The molecule has 0 unspecified atom stereocenters. The lowest BCUT2D eigenvalue weighted by molar-refractivity contribution is 0.0911. The third kappa shape index (κ3) is 3.29. The second-order valence-electron chi connectivity index (χ2n) is 7.78. The van der Waals surface area contributed by atoms with Crippen LogP contribution in [0, 0.1) is 5.92 Å². The second kappa shape index (κ2) is 7.14. The number of hydrogen-bond acceptors (Lipinski definition) is 3. The van der Waals surface area contributed by atoms with E-state index in [0.717, 1.165) is 19.3 Å². The van der Waals surface area contributed by atoms with Gasteiger partial charge in [0.1, 0.15) is 5.56 Å². The molecule has 5 nitrogen and oxygen atoms in total. The van der Waals surface area contributed by atoms with E-state index in [4.69, 9.17) is 0 Å². The molecule has 0 spiro atoms. The van der Waals surface area contributed by atoms with Crippen LogP contribution in [0.3, 0.4) is 0 Å². The Balaban J connectivity index is 1.62. The van der Waals surface area contributed by atoms with E-state index in [-0.39, 0.29) is 11.9 Å². The zero-order valence-corrected chi connectivity index (χ0v) is 15.1. The average molecular weight is 340 g/mol. The maximum atomic E-state index is 12.8. The average Bonchev–Trinajstić information content (AvgIpc) is 3.01. The molecule has 134 valence electrons. The van der Waals surface area contributed by atoms with Crippen LogP contribution in [-0.2, 0) is 12.8 Å². The third-order valence-corrected chi connectivity index (χ3v) is 6.00. The highest BCUT2D eigenvalue weighted by Crippen LogP contribution is 2.25. The van der Waals surface area contributed by atoms with Gasteiger partial charge in [-0.3, -0.25) is 4.79 Å². The molecule has 1 amide bonds. The molecule has 0 radical (unpaired) electrons. The molecule has 2 atom stereocenters. The van der Waals surface area contributed by atoms with Crippen molar-refractivity contribution in [1.82, 2.24) is 19.9 Å². The number of nitrogens with zero attached hydrogens (tertiary/aromatic N) is 3. The minimum Gasteiger partial charge on any atom is -0.349 e. The second-order valence-corrected chi connectivity index (χ2v) is 7.78. The largest absolute Gasteiger partial charge is 0.349 e. The van der Waals surface area contributed by atoms with Gasteiger partial charge >= 0.3 is 0 Å². The van der Waals surface area contributed by atoms with Gasteiger partial charge in [0, 0.05) is 17.9 Å². The molecule has 2 aromatic rings. The van der Waals surface area contributed by atoms with Crippen molar-refractivity contribution in [3.63, 3.8) is 0 Å². The van der Waals surface area contributed by atoms with Crippen LogP contribution in [0.15, 0.2) is 12.4 Å². The minimum absolute atomic E-state index is 0.0213. The molecule has 4 rings (SSSR count). The van der Waals surface area contributed by atoms with Gasteiger partial charge < -0.3 is 5.32 Å². The summed E-state index contributed by atoms with van der Waals surface area (Å²) in [5.74, 6) is 0.527.